The number of halogens is 2. The van der Waals surface area contributed by atoms with Crippen LogP contribution in [0.15, 0.2) is 0 Å². The lowest BCUT2D eigenvalue weighted by molar-refractivity contribution is 0.169. The number of rotatable bonds is 3. The molecule has 2 aliphatic rings. The van der Waals surface area contributed by atoms with Crippen molar-refractivity contribution in [2.75, 3.05) is 26.2 Å². The van der Waals surface area contributed by atoms with Crippen molar-refractivity contribution < 1.29 is 9.90 Å². The Bertz CT molecular complexity index is 290. The van der Waals surface area contributed by atoms with E-state index < -0.39 is 11.8 Å². The van der Waals surface area contributed by atoms with Gasteiger partial charge in [-0.15, -0.1) is 4.67 Å². The van der Waals surface area contributed by atoms with Crippen molar-refractivity contribution in [3.05, 3.63) is 0 Å². The minimum atomic E-state index is -2.97. The number of carboxylic acid groups (broad SMARTS) is 1. The molecule has 0 aliphatic carbocycles. The Morgan fingerprint density at radius 2 is 1.65 bits per heavy atom. The molecule has 17 heavy (non-hydrogen) atoms. The first kappa shape index (κ1) is 13.8. The third-order valence-corrected chi connectivity index (χ3v) is 7.40. The smallest absolute Gasteiger partial charge is 0.448 e. The Morgan fingerprint density at radius 3 is 2.12 bits per heavy atom. The van der Waals surface area contributed by atoms with Gasteiger partial charge in [-0.1, -0.05) is 0 Å². The average molecular weight is 300 g/mol. The molecule has 2 rings (SSSR count). The van der Waals surface area contributed by atoms with Crippen molar-refractivity contribution in [2.24, 2.45) is 0 Å². The minimum absolute atomic E-state index is 0.593. The molecular formula is C10H18Cl2N2O2P+. The van der Waals surface area contributed by atoms with Crippen molar-refractivity contribution >= 4 is 34.3 Å². The zero-order chi connectivity index (χ0) is 12.5. The summed E-state index contributed by atoms with van der Waals surface area (Å²) in [4.78, 5) is 13.5. The SMILES string of the molecule is O=C(O)[P+](Cl)(Cl)N1CCC(N2CCCC2)CC1. The Kier molecular flexibility index (Phi) is 4.54. The van der Waals surface area contributed by atoms with E-state index in [1.54, 1.807) is 4.67 Å². The van der Waals surface area contributed by atoms with Crippen LogP contribution >= 0.6 is 28.6 Å². The first-order valence-corrected chi connectivity index (χ1v) is 9.58. The number of nitrogens with zero attached hydrogens (tertiary/aromatic N) is 2. The Labute approximate surface area is 112 Å². The number of carbonyl (C=O) groups is 1. The molecule has 0 aromatic heterocycles. The third-order valence-electron chi connectivity index (χ3n) is 3.68. The molecule has 0 bridgehead atoms. The van der Waals surface area contributed by atoms with Gasteiger partial charge in [-0.2, -0.15) is 0 Å². The van der Waals surface area contributed by atoms with Gasteiger partial charge < -0.3 is 10.0 Å². The summed E-state index contributed by atoms with van der Waals surface area (Å²) in [5, 5.41) is 9.00. The number of hydrogen-bond acceptors (Lipinski definition) is 3. The maximum absolute atomic E-state index is 11.0. The van der Waals surface area contributed by atoms with Gasteiger partial charge >= 0.3 is 11.8 Å². The molecule has 0 unspecified atom stereocenters. The summed E-state index contributed by atoms with van der Waals surface area (Å²) in [5.74, 6) is 0. The van der Waals surface area contributed by atoms with Gasteiger partial charge in [0.25, 0.3) is 0 Å². The van der Waals surface area contributed by atoms with Crippen molar-refractivity contribution in [1.82, 2.24) is 9.57 Å². The van der Waals surface area contributed by atoms with E-state index in [1.807, 2.05) is 0 Å². The largest absolute Gasteiger partial charge is 0.503 e. The lowest BCUT2D eigenvalue weighted by atomic mass is 10.1. The maximum Gasteiger partial charge on any atom is 0.503 e. The fourth-order valence-corrected chi connectivity index (χ4v) is 4.58. The zero-order valence-electron chi connectivity index (χ0n) is 9.69. The van der Waals surface area contributed by atoms with Crippen LogP contribution in [0.3, 0.4) is 0 Å². The first-order chi connectivity index (χ1) is 8.01. The molecular weight excluding hydrogens is 282 g/mol. The van der Waals surface area contributed by atoms with E-state index in [2.05, 4.69) is 4.90 Å². The van der Waals surface area contributed by atoms with Gasteiger partial charge in [-0.05, 0) is 38.8 Å². The molecule has 0 atom stereocenters. The summed E-state index contributed by atoms with van der Waals surface area (Å²) < 4.78 is 1.75. The minimum Gasteiger partial charge on any atom is -0.448 e. The number of hydrogen-bond donors (Lipinski definition) is 1. The van der Waals surface area contributed by atoms with Crippen LogP contribution in [-0.4, -0.2) is 52.6 Å². The van der Waals surface area contributed by atoms with Crippen LogP contribution in [0.1, 0.15) is 25.7 Å². The molecule has 0 saturated carbocycles. The Hall–Kier alpha value is 0.400. The van der Waals surface area contributed by atoms with E-state index in [0.29, 0.717) is 19.1 Å². The van der Waals surface area contributed by atoms with Crippen molar-refractivity contribution in [3.8, 4) is 0 Å². The Morgan fingerprint density at radius 1 is 1.12 bits per heavy atom. The van der Waals surface area contributed by atoms with Crippen LogP contribution in [-0.2, 0) is 0 Å². The second-order valence-corrected chi connectivity index (χ2v) is 10.1. The molecule has 2 saturated heterocycles. The summed E-state index contributed by atoms with van der Waals surface area (Å²) in [6.07, 6.45) is 1.57. The molecule has 0 aromatic carbocycles. The number of likely N-dealkylation sites (tertiary alicyclic amines) is 1. The Balaban J connectivity index is 1.87. The van der Waals surface area contributed by atoms with E-state index in [4.69, 9.17) is 27.6 Å². The van der Waals surface area contributed by atoms with E-state index in [1.165, 1.54) is 25.9 Å². The summed E-state index contributed by atoms with van der Waals surface area (Å²) in [5.41, 5.74) is -1.07. The van der Waals surface area contributed by atoms with Gasteiger partial charge in [0.05, 0.1) is 0 Å². The second kappa shape index (κ2) is 5.58. The fraction of sp³-hybridized carbons (Fsp3) is 0.900. The summed E-state index contributed by atoms with van der Waals surface area (Å²) in [6.45, 7) is 3.78. The quantitative estimate of drug-likeness (QED) is 0.811. The van der Waals surface area contributed by atoms with Crippen LogP contribution in [0.2, 0.25) is 0 Å². The normalized spacial score (nSPS) is 25.3. The standard InChI is InChI=1S/C10H17Cl2N2O2P/c11-17(12,10(15)16)14-7-3-9(4-8-14)13-5-1-2-6-13/h9H,1-8H2/p+1. The van der Waals surface area contributed by atoms with Crippen LogP contribution in [0.5, 0.6) is 0 Å². The highest BCUT2D eigenvalue weighted by molar-refractivity contribution is 8.25. The second-order valence-electron chi connectivity index (χ2n) is 4.69. The fourth-order valence-electron chi connectivity index (χ4n) is 2.70. The van der Waals surface area contributed by atoms with Crippen LogP contribution in [0.25, 0.3) is 0 Å². The monoisotopic (exact) mass is 299 g/mol. The molecule has 4 nitrogen and oxygen atoms in total. The highest BCUT2D eigenvalue weighted by Crippen LogP contribution is 2.72. The molecule has 2 fully saturated rings. The molecule has 2 heterocycles. The van der Waals surface area contributed by atoms with Crippen LogP contribution < -0.4 is 0 Å². The highest BCUT2D eigenvalue weighted by atomic mass is 35.9. The topological polar surface area (TPSA) is 43.8 Å². The van der Waals surface area contributed by atoms with Gasteiger partial charge in [0.1, 0.15) is 22.5 Å². The molecule has 1 N–H and O–H groups in total. The molecule has 0 spiro atoms. The van der Waals surface area contributed by atoms with Gasteiger partial charge in [-0.3, -0.25) is 0 Å². The van der Waals surface area contributed by atoms with Crippen molar-refractivity contribution in [2.45, 2.75) is 31.7 Å². The molecule has 0 radical (unpaired) electrons. The summed E-state index contributed by atoms with van der Waals surface area (Å²) in [6, 6.07) is 0.593. The van der Waals surface area contributed by atoms with Crippen molar-refractivity contribution in [1.29, 1.82) is 0 Å². The van der Waals surface area contributed by atoms with Crippen LogP contribution in [0.4, 0.5) is 4.79 Å². The first-order valence-electron chi connectivity index (χ1n) is 6.03. The van der Waals surface area contributed by atoms with E-state index >= 15 is 0 Å². The van der Waals surface area contributed by atoms with Crippen LogP contribution in [0, 0.1) is 0 Å². The lowest BCUT2D eigenvalue weighted by Crippen LogP contribution is -2.43. The average Bonchev–Trinajstić information content (AvgIpc) is 2.82. The van der Waals surface area contributed by atoms with E-state index in [-0.39, 0.29) is 0 Å². The zero-order valence-corrected chi connectivity index (χ0v) is 12.1. The number of piperidine rings is 1. The predicted molar refractivity (Wildman–Crippen MR) is 72.1 cm³/mol. The molecule has 98 valence electrons. The van der Waals surface area contributed by atoms with Gasteiger partial charge in [0.2, 0.25) is 0 Å². The van der Waals surface area contributed by atoms with Gasteiger partial charge in [0.15, 0.2) is 0 Å². The van der Waals surface area contributed by atoms with Gasteiger partial charge in [-0.25, -0.2) is 4.79 Å². The molecule has 7 heteroatoms. The molecule has 0 amide bonds. The maximum atomic E-state index is 11.0. The molecule has 0 aromatic rings. The highest BCUT2D eigenvalue weighted by Gasteiger charge is 2.54. The summed E-state index contributed by atoms with van der Waals surface area (Å²) >= 11 is 11.9. The van der Waals surface area contributed by atoms with Crippen molar-refractivity contribution in [3.63, 3.8) is 0 Å². The third kappa shape index (κ3) is 3.05. The molecule has 2 aliphatic heterocycles. The summed E-state index contributed by atoms with van der Waals surface area (Å²) in [7, 11) is 0. The van der Waals surface area contributed by atoms with E-state index in [9.17, 15) is 4.79 Å². The lowest BCUT2D eigenvalue weighted by Gasteiger charge is -2.35. The predicted octanol–water partition coefficient (Wildman–Crippen LogP) is 3.46. The van der Waals surface area contributed by atoms with E-state index in [0.717, 1.165) is 12.8 Å². The van der Waals surface area contributed by atoms with Gasteiger partial charge in [0, 0.05) is 19.1 Å².